The Labute approximate surface area is 123 Å². The minimum Gasteiger partial charge on any atom is -0.444 e. The lowest BCUT2D eigenvalue weighted by atomic mass is 10.1. The number of amides is 1. The molecule has 0 aromatic carbocycles. The van der Waals surface area contributed by atoms with Crippen LogP contribution in [0, 0.1) is 11.8 Å². The third-order valence-corrected chi connectivity index (χ3v) is 4.24. The van der Waals surface area contributed by atoms with Gasteiger partial charge < -0.3 is 15.0 Å². The molecule has 2 rings (SSSR count). The molecule has 1 N–H and O–H groups in total. The predicted molar refractivity (Wildman–Crippen MR) is 80.7 cm³/mol. The molecule has 1 aliphatic carbocycles. The van der Waals surface area contributed by atoms with Crippen molar-refractivity contribution in [1.29, 1.82) is 0 Å². The van der Waals surface area contributed by atoms with Crippen molar-refractivity contribution in [1.82, 2.24) is 10.2 Å². The molecule has 2 unspecified atom stereocenters. The van der Waals surface area contributed by atoms with E-state index in [2.05, 4.69) is 12.2 Å². The lowest BCUT2D eigenvalue weighted by molar-refractivity contribution is 0.0288. The standard InChI is InChI=1S/C16H30N2O2/c1-5-14(13-6-7-13)17-10-12-8-9-18(11-12)15(19)20-16(2,3)4/h12-14,17H,5-11H2,1-4H3. The average molecular weight is 282 g/mol. The molecule has 2 aliphatic rings. The van der Waals surface area contributed by atoms with E-state index in [0.717, 1.165) is 32.0 Å². The molecule has 20 heavy (non-hydrogen) atoms. The van der Waals surface area contributed by atoms with Gasteiger partial charge in [0.05, 0.1) is 0 Å². The molecular weight excluding hydrogens is 252 g/mol. The van der Waals surface area contributed by atoms with Crippen LogP contribution >= 0.6 is 0 Å². The summed E-state index contributed by atoms with van der Waals surface area (Å²) in [7, 11) is 0. The molecule has 1 amide bonds. The van der Waals surface area contributed by atoms with E-state index in [1.165, 1.54) is 19.3 Å². The summed E-state index contributed by atoms with van der Waals surface area (Å²) in [6, 6.07) is 0.686. The highest BCUT2D eigenvalue weighted by Crippen LogP contribution is 2.34. The first-order valence-electron chi connectivity index (χ1n) is 8.10. The van der Waals surface area contributed by atoms with Crippen molar-refractivity contribution in [3.05, 3.63) is 0 Å². The molecule has 0 radical (unpaired) electrons. The quantitative estimate of drug-likeness (QED) is 0.842. The molecule has 2 atom stereocenters. The first kappa shape index (κ1) is 15.6. The number of carbonyl (C=O) groups is 1. The zero-order valence-corrected chi connectivity index (χ0v) is 13.4. The van der Waals surface area contributed by atoms with Crippen molar-refractivity contribution < 1.29 is 9.53 Å². The van der Waals surface area contributed by atoms with Crippen molar-refractivity contribution in [3.63, 3.8) is 0 Å². The minimum atomic E-state index is -0.396. The van der Waals surface area contributed by atoms with Gasteiger partial charge in [0.15, 0.2) is 0 Å². The fourth-order valence-corrected chi connectivity index (χ4v) is 2.95. The van der Waals surface area contributed by atoms with Crippen LogP contribution in [0.3, 0.4) is 0 Å². The van der Waals surface area contributed by atoms with Gasteiger partial charge in [0.1, 0.15) is 5.60 Å². The first-order valence-corrected chi connectivity index (χ1v) is 8.10. The third-order valence-electron chi connectivity index (χ3n) is 4.24. The van der Waals surface area contributed by atoms with Gasteiger partial charge in [0.2, 0.25) is 0 Å². The topological polar surface area (TPSA) is 41.6 Å². The van der Waals surface area contributed by atoms with Crippen molar-refractivity contribution in [2.45, 2.75) is 65.0 Å². The maximum absolute atomic E-state index is 12.0. The van der Waals surface area contributed by atoms with Gasteiger partial charge in [-0.1, -0.05) is 6.92 Å². The summed E-state index contributed by atoms with van der Waals surface area (Å²) in [5, 5.41) is 3.70. The molecule has 0 bridgehead atoms. The van der Waals surface area contributed by atoms with Gasteiger partial charge in [-0.25, -0.2) is 4.79 Å². The minimum absolute atomic E-state index is 0.158. The van der Waals surface area contributed by atoms with E-state index in [9.17, 15) is 4.79 Å². The van der Waals surface area contributed by atoms with E-state index < -0.39 is 5.60 Å². The lowest BCUT2D eigenvalue weighted by Gasteiger charge is -2.24. The Hall–Kier alpha value is -0.770. The maximum atomic E-state index is 12.0. The molecule has 1 saturated carbocycles. The van der Waals surface area contributed by atoms with Crippen LogP contribution in [0.4, 0.5) is 4.79 Å². The number of hydrogen-bond donors (Lipinski definition) is 1. The summed E-state index contributed by atoms with van der Waals surface area (Å²) in [5.74, 6) is 1.48. The zero-order valence-electron chi connectivity index (χ0n) is 13.4. The number of nitrogens with zero attached hydrogens (tertiary/aromatic N) is 1. The Morgan fingerprint density at radius 1 is 1.35 bits per heavy atom. The van der Waals surface area contributed by atoms with Gasteiger partial charge in [-0.05, 0) is 64.8 Å². The van der Waals surface area contributed by atoms with E-state index in [1.807, 2.05) is 25.7 Å². The Balaban J connectivity index is 1.70. The SMILES string of the molecule is CCC(NCC1CCN(C(=O)OC(C)(C)C)C1)C1CC1. The summed E-state index contributed by atoms with van der Waals surface area (Å²) in [5.41, 5.74) is -0.396. The van der Waals surface area contributed by atoms with E-state index in [0.29, 0.717) is 12.0 Å². The van der Waals surface area contributed by atoms with Gasteiger partial charge in [-0.3, -0.25) is 0 Å². The summed E-state index contributed by atoms with van der Waals surface area (Å²) >= 11 is 0. The number of hydrogen-bond acceptors (Lipinski definition) is 3. The highest BCUT2D eigenvalue weighted by atomic mass is 16.6. The summed E-state index contributed by atoms with van der Waals surface area (Å²) < 4.78 is 5.43. The second-order valence-corrected chi connectivity index (χ2v) is 7.34. The van der Waals surface area contributed by atoms with Crippen LogP contribution in [0.15, 0.2) is 0 Å². The summed E-state index contributed by atoms with van der Waals surface area (Å²) in [6.07, 6.45) is 4.93. The third kappa shape index (κ3) is 4.65. The smallest absolute Gasteiger partial charge is 0.410 e. The van der Waals surface area contributed by atoms with Crippen molar-refractivity contribution in [3.8, 4) is 0 Å². The van der Waals surface area contributed by atoms with E-state index in [4.69, 9.17) is 4.74 Å². The largest absolute Gasteiger partial charge is 0.444 e. The molecule has 0 aromatic heterocycles. The van der Waals surface area contributed by atoms with Crippen LogP contribution in [-0.4, -0.2) is 42.3 Å². The van der Waals surface area contributed by atoms with Crippen LogP contribution in [0.25, 0.3) is 0 Å². The van der Waals surface area contributed by atoms with E-state index in [1.54, 1.807) is 0 Å². The molecule has 0 aromatic rings. The van der Waals surface area contributed by atoms with E-state index >= 15 is 0 Å². The molecule has 0 spiro atoms. The lowest BCUT2D eigenvalue weighted by Crippen LogP contribution is -2.38. The molecule has 1 heterocycles. The molecule has 116 valence electrons. The van der Waals surface area contributed by atoms with Gasteiger partial charge >= 0.3 is 6.09 Å². The van der Waals surface area contributed by atoms with Crippen molar-refractivity contribution in [2.75, 3.05) is 19.6 Å². The van der Waals surface area contributed by atoms with Gasteiger partial charge in [0, 0.05) is 19.1 Å². The Kier molecular flexibility index (Phi) is 4.95. The number of ether oxygens (including phenoxy) is 1. The molecule has 1 aliphatic heterocycles. The van der Waals surface area contributed by atoms with Crippen molar-refractivity contribution >= 4 is 6.09 Å². The number of rotatable bonds is 5. The van der Waals surface area contributed by atoms with Crippen LogP contribution in [0.5, 0.6) is 0 Å². The number of likely N-dealkylation sites (tertiary alicyclic amines) is 1. The van der Waals surface area contributed by atoms with E-state index in [-0.39, 0.29) is 6.09 Å². The molecule has 4 nitrogen and oxygen atoms in total. The van der Waals surface area contributed by atoms with Crippen LogP contribution < -0.4 is 5.32 Å². The second-order valence-electron chi connectivity index (χ2n) is 7.34. The molecule has 1 saturated heterocycles. The molecule has 4 heteroatoms. The van der Waals surface area contributed by atoms with Gasteiger partial charge in [-0.15, -0.1) is 0 Å². The number of nitrogens with one attached hydrogen (secondary N) is 1. The predicted octanol–water partition coefficient (Wildman–Crippen LogP) is 3.02. The average Bonchev–Trinajstić information content (AvgIpc) is 3.06. The normalized spacial score (nSPS) is 24.8. The molecular formula is C16H30N2O2. The monoisotopic (exact) mass is 282 g/mol. The van der Waals surface area contributed by atoms with Crippen LogP contribution in [0.1, 0.15) is 53.4 Å². The zero-order chi connectivity index (χ0) is 14.8. The maximum Gasteiger partial charge on any atom is 0.410 e. The highest BCUT2D eigenvalue weighted by Gasteiger charge is 2.32. The summed E-state index contributed by atoms with van der Waals surface area (Å²) in [4.78, 5) is 13.9. The summed E-state index contributed by atoms with van der Waals surface area (Å²) in [6.45, 7) is 10.7. The van der Waals surface area contributed by atoms with Crippen LogP contribution in [-0.2, 0) is 4.74 Å². The van der Waals surface area contributed by atoms with Crippen LogP contribution in [0.2, 0.25) is 0 Å². The fraction of sp³-hybridized carbons (Fsp3) is 0.938. The highest BCUT2D eigenvalue weighted by molar-refractivity contribution is 5.68. The molecule has 2 fully saturated rings. The van der Waals surface area contributed by atoms with Gasteiger partial charge in [-0.2, -0.15) is 0 Å². The number of carbonyl (C=O) groups excluding carboxylic acids is 1. The first-order chi connectivity index (χ1) is 9.39. The Morgan fingerprint density at radius 2 is 2.05 bits per heavy atom. The Morgan fingerprint density at radius 3 is 2.60 bits per heavy atom. The Bertz CT molecular complexity index is 334. The van der Waals surface area contributed by atoms with Crippen molar-refractivity contribution in [2.24, 2.45) is 11.8 Å². The van der Waals surface area contributed by atoms with Gasteiger partial charge in [0.25, 0.3) is 0 Å². The second kappa shape index (κ2) is 6.33. The fourth-order valence-electron chi connectivity index (χ4n) is 2.95.